The minimum atomic E-state index is 0.667. The number of pyridine rings is 3. The molecule has 450 valence electrons. The number of hydrogen-bond acceptors (Lipinski definition) is 17. The molecule has 13 aromatic rings. The van der Waals surface area contributed by atoms with E-state index in [-0.39, 0.29) is 0 Å². The van der Waals surface area contributed by atoms with Crippen molar-refractivity contribution in [2.24, 2.45) is 21.1 Å². The van der Waals surface area contributed by atoms with Gasteiger partial charge in [-0.05, 0) is 212 Å². The Morgan fingerprint density at radius 1 is 0.616 bits per heavy atom. The van der Waals surface area contributed by atoms with Crippen molar-refractivity contribution in [1.29, 1.82) is 0 Å². The normalized spacial score (nSPS) is 10.6. The van der Waals surface area contributed by atoms with Gasteiger partial charge in [0.05, 0.1) is 42.1 Å². The molecule has 1 aliphatic rings. The molecular weight excluding hydrogens is 1100 g/mol. The lowest BCUT2D eigenvalue weighted by Crippen LogP contribution is -2.00. The molecule has 0 unspecified atom stereocenters. The van der Waals surface area contributed by atoms with Crippen molar-refractivity contribution < 1.29 is 9.15 Å². The third kappa shape index (κ3) is 24.3. The number of nitrogens with zero attached hydrogens (tertiary/aromatic N) is 17. The van der Waals surface area contributed by atoms with Crippen LogP contribution in [0.3, 0.4) is 0 Å². The van der Waals surface area contributed by atoms with E-state index in [0.29, 0.717) is 17.5 Å². The molecule has 0 saturated heterocycles. The third-order valence-electron chi connectivity index (χ3n) is 12.2. The van der Waals surface area contributed by atoms with Gasteiger partial charge < -0.3 is 14.1 Å². The molecule has 0 amide bonds. The van der Waals surface area contributed by atoms with Crippen LogP contribution in [0, 0.1) is 83.1 Å². The smallest absolute Gasteiger partial charge is 0.212 e. The first-order chi connectivity index (χ1) is 41.3. The number of furan rings is 1. The number of thiazole rings is 1. The summed E-state index contributed by atoms with van der Waals surface area (Å²) in [6.07, 6.45) is 12.5. The Morgan fingerprint density at radius 2 is 1.26 bits per heavy atom. The minimum Gasteiger partial charge on any atom is -0.481 e. The number of H-pyrrole nitrogens is 2. The summed E-state index contributed by atoms with van der Waals surface area (Å²) in [6, 6.07) is 38.5. The number of tetrazole rings is 3. The van der Waals surface area contributed by atoms with Gasteiger partial charge in [-0.1, -0.05) is 54.6 Å². The average molecular weight is 1180 g/mol. The highest BCUT2D eigenvalue weighted by molar-refractivity contribution is 7.18. The topological polar surface area (TPSA) is 249 Å². The number of nitrogens with one attached hydrogen (secondary N) is 2. The van der Waals surface area contributed by atoms with Gasteiger partial charge in [-0.25, -0.2) is 14.6 Å². The summed E-state index contributed by atoms with van der Waals surface area (Å²) in [5.41, 5.74) is 14.6. The van der Waals surface area contributed by atoms with Crippen LogP contribution in [0.4, 0.5) is 0 Å². The Hall–Kier alpha value is -9.70. The van der Waals surface area contributed by atoms with Crippen molar-refractivity contribution in [3.05, 3.63) is 219 Å². The molecule has 10 heterocycles. The Labute approximate surface area is 507 Å². The summed E-state index contributed by atoms with van der Waals surface area (Å²) in [7, 11) is 6.88. The maximum atomic E-state index is 5.37. The van der Waals surface area contributed by atoms with Crippen molar-refractivity contribution in [2.45, 2.75) is 109 Å². The Morgan fingerprint density at radius 3 is 1.76 bits per heavy atom. The van der Waals surface area contributed by atoms with Crippen molar-refractivity contribution in [2.75, 3.05) is 7.11 Å². The zero-order valence-electron chi connectivity index (χ0n) is 52.4. The SMILES string of the molecule is COc1ccc(C)cn1.Cc1[nH]nc2c1CCCC2.Cc1c[nH]c2ccccc12.Cc1cc(C)nc(C)c1.Cc1cc2ccccc2o1.Cc1ccncc1.Cc1nc2ccccc2s1.Cc1nnn(C)n1.Cc1nnn(C)n1.Cc1nnnn1C. The van der Waals surface area contributed by atoms with E-state index in [2.05, 4.69) is 139 Å². The number of benzene rings is 3. The van der Waals surface area contributed by atoms with Crippen LogP contribution >= 0.6 is 11.3 Å². The highest BCUT2D eigenvalue weighted by Crippen LogP contribution is 2.22. The molecule has 21 nitrogen and oxygen atoms in total. The van der Waals surface area contributed by atoms with E-state index >= 15 is 0 Å². The molecule has 0 spiro atoms. The van der Waals surface area contributed by atoms with Gasteiger partial charge in [-0.2, -0.15) is 14.7 Å². The minimum absolute atomic E-state index is 0.667. The molecule has 0 fully saturated rings. The fraction of sp³-hybridized carbons (Fsp3) is 0.312. The van der Waals surface area contributed by atoms with E-state index in [4.69, 9.17) is 9.15 Å². The Kier molecular flexibility index (Phi) is 27.7. The van der Waals surface area contributed by atoms with Crippen LogP contribution in [0.15, 0.2) is 144 Å². The lowest BCUT2D eigenvalue weighted by molar-refractivity contribution is 0.397. The average Bonchev–Trinajstić information content (AvgIpc) is 4.59. The van der Waals surface area contributed by atoms with Crippen LogP contribution in [-0.4, -0.2) is 103 Å². The summed E-state index contributed by atoms with van der Waals surface area (Å²) in [4.78, 5) is 22.4. The van der Waals surface area contributed by atoms with E-state index in [1.54, 1.807) is 76.7 Å². The Bertz CT molecular complexity index is 3700. The Balaban J connectivity index is 0.000000175. The first kappa shape index (κ1) is 67.1. The van der Waals surface area contributed by atoms with E-state index in [9.17, 15) is 0 Å². The number of aromatic nitrogens is 19. The van der Waals surface area contributed by atoms with Crippen molar-refractivity contribution in [3.8, 4) is 5.88 Å². The van der Waals surface area contributed by atoms with Gasteiger partial charge in [-0.15, -0.1) is 36.8 Å². The molecular formula is C64H81N19O2S. The molecule has 1 aliphatic carbocycles. The fourth-order valence-corrected chi connectivity index (χ4v) is 8.86. The van der Waals surface area contributed by atoms with Gasteiger partial charge in [0.15, 0.2) is 11.6 Å². The summed E-state index contributed by atoms with van der Waals surface area (Å²) in [5.74, 6) is 3.90. The first-order valence-corrected chi connectivity index (χ1v) is 28.8. The summed E-state index contributed by atoms with van der Waals surface area (Å²) in [5, 5.41) is 43.5. The van der Waals surface area contributed by atoms with Crippen molar-refractivity contribution in [1.82, 2.24) is 95.7 Å². The molecule has 0 aliphatic heterocycles. The third-order valence-corrected chi connectivity index (χ3v) is 13.2. The summed E-state index contributed by atoms with van der Waals surface area (Å²) >= 11 is 1.74. The molecule has 0 atom stereocenters. The van der Waals surface area contributed by atoms with Crippen molar-refractivity contribution >= 4 is 43.4 Å². The highest BCUT2D eigenvalue weighted by atomic mass is 32.1. The van der Waals surface area contributed by atoms with E-state index < -0.39 is 0 Å². The second kappa shape index (κ2) is 35.4. The van der Waals surface area contributed by atoms with Gasteiger partial charge >= 0.3 is 0 Å². The maximum Gasteiger partial charge on any atom is 0.212 e. The number of methoxy groups -OCH3 is 1. The quantitative estimate of drug-likeness (QED) is 0.155. The fourth-order valence-electron chi connectivity index (χ4n) is 8.03. The lowest BCUT2D eigenvalue weighted by atomic mass is 9.96. The molecule has 86 heavy (non-hydrogen) atoms. The zero-order valence-corrected chi connectivity index (χ0v) is 53.3. The number of aryl methyl sites for hydroxylation is 16. The molecule has 10 aromatic heterocycles. The van der Waals surface area contributed by atoms with Gasteiger partial charge in [-0.3, -0.25) is 15.1 Å². The molecule has 3 aromatic carbocycles. The van der Waals surface area contributed by atoms with E-state index in [1.165, 1.54) is 89.9 Å². The molecule has 0 bridgehead atoms. The van der Waals surface area contributed by atoms with Gasteiger partial charge in [0, 0.05) is 71.3 Å². The van der Waals surface area contributed by atoms with Crippen LogP contribution in [0.1, 0.15) is 91.7 Å². The van der Waals surface area contributed by atoms with Crippen LogP contribution in [0.2, 0.25) is 0 Å². The molecule has 22 heteroatoms. The van der Waals surface area contributed by atoms with E-state index in [1.807, 2.05) is 134 Å². The number of rotatable bonds is 1. The van der Waals surface area contributed by atoms with E-state index in [0.717, 1.165) is 44.6 Å². The number of para-hydroxylation sites is 3. The molecule has 0 radical (unpaired) electrons. The highest BCUT2D eigenvalue weighted by Gasteiger charge is 2.13. The molecule has 2 N–H and O–H groups in total. The number of hydrogen-bond donors (Lipinski definition) is 2. The second-order valence-corrected chi connectivity index (χ2v) is 21.2. The number of aromatic amines is 2. The van der Waals surface area contributed by atoms with Crippen molar-refractivity contribution in [3.63, 3.8) is 0 Å². The maximum absolute atomic E-state index is 5.37. The first-order valence-electron chi connectivity index (χ1n) is 27.9. The number of ether oxygens (including phenoxy) is 1. The van der Waals surface area contributed by atoms with Gasteiger partial charge in [0.2, 0.25) is 5.88 Å². The lowest BCUT2D eigenvalue weighted by Gasteiger charge is -2.08. The largest absolute Gasteiger partial charge is 0.481 e. The zero-order chi connectivity index (χ0) is 62.4. The second-order valence-electron chi connectivity index (χ2n) is 19.9. The summed E-state index contributed by atoms with van der Waals surface area (Å²) < 4.78 is 13.1. The standard InChI is InChI=1S/C9H9N.C9H8O.C8H12N2.C8H7NS.C8H11N.C7H9NO.C6H7N.3C3H6N4/c1-7-6-10-9-5-3-2-4-8(7)9;1-7-6-8-4-2-3-5-9(8)10-7;1-6-7-4-2-3-5-8(7)10-9-6;1-6-9-7-4-2-3-5-8(7)10-6;1-6-4-7(2)9-8(3)5-6;1-6-3-4-7(9-2)8-5-6;1-6-2-4-7-5-3-6;1-3-4-5-6-7(3)2;2*1-3-4-6-7(2)5-3/h2-6,10H,1H3;2-6H,1H3;2-5H2,1H3,(H,9,10);2-5H,1H3;4-5H,1-3H3;3-5H,1-2H3;2-5H,1H3;3*1-2H3. The molecule has 0 saturated carbocycles. The monoisotopic (exact) mass is 1180 g/mol. The van der Waals surface area contributed by atoms with Gasteiger partial charge in [0.1, 0.15) is 17.2 Å². The predicted molar refractivity (Wildman–Crippen MR) is 342 cm³/mol. The molecule has 14 rings (SSSR count). The van der Waals surface area contributed by atoms with Crippen LogP contribution in [-0.2, 0) is 34.0 Å². The van der Waals surface area contributed by atoms with Gasteiger partial charge in [0.25, 0.3) is 0 Å². The summed E-state index contributed by atoms with van der Waals surface area (Å²) in [6.45, 7) is 23.8. The van der Waals surface area contributed by atoms with Crippen LogP contribution < -0.4 is 4.74 Å². The van der Waals surface area contributed by atoms with Crippen LogP contribution in [0.5, 0.6) is 5.88 Å². The van der Waals surface area contributed by atoms with Crippen LogP contribution in [0.25, 0.3) is 32.1 Å². The predicted octanol–water partition coefficient (Wildman–Crippen LogP) is 12.8. The number of fused-ring (bicyclic) bond motifs is 4.